The standard InChI is InChI=1S/C24H16FN3O3S2/c25-17-9-11-19(12-10-17)33(30,31)28-18-6-3-5-16(14-18)23(29)27-24-26-22-20-7-2-1-4-15(20)8-13-21(22)32-24/h1-14,28H,(H,26,27,29). The van der Waals surface area contributed by atoms with Crippen LogP contribution in [0.3, 0.4) is 0 Å². The zero-order valence-corrected chi connectivity index (χ0v) is 18.6. The number of hydrogen-bond donors (Lipinski definition) is 2. The smallest absolute Gasteiger partial charge is 0.261 e. The first-order chi connectivity index (χ1) is 15.9. The molecule has 0 fully saturated rings. The van der Waals surface area contributed by atoms with E-state index in [9.17, 15) is 17.6 Å². The van der Waals surface area contributed by atoms with Crippen LogP contribution in [0.5, 0.6) is 0 Å². The van der Waals surface area contributed by atoms with Crippen molar-refractivity contribution in [2.75, 3.05) is 10.0 Å². The van der Waals surface area contributed by atoms with E-state index in [2.05, 4.69) is 15.0 Å². The van der Waals surface area contributed by atoms with Crippen molar-refractivity contribution in [1.82, 2.24) is 4.98 Å². The van der Waals surface area contributed by atoms with Crippen LogP contribution < -0.4 is 10.0 Å². The maximum absolute atomic E-state index is 13.1. The number of carbonyl (C=O) groups is 1. The molecule has 0 saturated carbocycles. The minimum absolute atomic E-state index is 0.0829. The second-order valence-electron chi connectivity index (χ2n) is 7.25. The van der Waals surface area contributed by atoms with Gasteiger partial charge in [-0.05, 0) is 53.9 Å². The molecule has 5 aromatic rings. The first-order valence-electron chi connectivity index (χ1n) is 9.87. The number of fused-ring (bicyclic) bond motifs is 3. The summed E-state index contributed by atoms with van der Waals surface area (Å²) in [4.78, 5) is 17.3. The molecule has 6 nitrogen and oxygen atoms in total. The quantitative estimate of drug-likeness (QED) is 0.343. The van der Waals surface area contributed by atoms with Crippen LogP contribution in [0.2, 0.25) is 0 Å². The second kappa shape index (κ2) is 8.27. The molecular formula is C24H16FN3O3S2. The minimum Gasteiger partial charge on any atom is -0.298 e. The summed E-state index contributed by atoms with van der Waals surface area (Å²) in [5.41, 5.74) is 1.29. The lowest BCUT2D eigenvalue weighted by molar-refractivity contribution is 0.102. The summed E-state index contributed by atoms with van der Waals surface area (Å²) in [6.07, 6.45) is 0. The molecule has 0 saturated heterocycles. The van der Waals surface area contributed by atoms with Gasteiger partial charge in [-0.1, -0.05) is 47.7 Å². The summed E-state index contributed by atoms with van der Waals surface area (Å²) >= 11 is 1.36. The molecule has 1 aromatic heterocycles. The van der Waals surface area contributed by atoms with Gasteiger partial charge in [0.15, 0.2) is 5.13 Å². The number of hydrogen-bond acceptors (Lipinski definition) is 5. The fourth-order valence-electron chi connectivity index (χ4n) is 3.44. The first kappa shape index (κ1) is 21.0. The molecule has 4 aromatic carbocycles. The summed E-state index contributed by atoms with van der Waals surface area (Å²) in [5.74, 6) is -0.948. The van der Waals surface area contributed by atoms with Crippen LogP contribution in [-0.4, -0.2) is 19.3 Å². The molecule has 164 valence electrons. The summed E-state index contributed by atoms with van der Waals surface area (Å²) in [6, 6.07) is 22.5. The number of sulfonamides is 1. The Morgan fingerprint density at radius 3 is 2.52 bits per heavy atom. The van der Waals surface area contributed by atoms with E-state index in [1.54, 1.807) is 12.1 Å². The van der Waals surface area contributed by atoms with Gasteiger partial charge in [-0.25, -0.2) is 17.8 Å². The highest BCUT2D eigenvalue weighted by Gasteiger charge is 2.16. The molecule has 33 heavy (non-hydrogen) atoms. The molecule has 1 amide bonds. The Labute approximate surface area is 192 Å². The van der Waals surface area contributed by atoms with Gasteiger partial charge in [-0.2, -0.15) is 0 Å². The van der Waals surface area contributed by atoms with Crippen molar-refractivity contribution >= 4 is 59.1 Å². The molecule has 0 aliphatic rings. The average Bonchev–Trinajstić information content (AvgIpc) is 3.22. The van der Waals surface area contributed by atoms with Gasteiger partial charge in [0.2, 0.25) is 0 Å². The highest BCUT2D eigenvalue weighted by Crippen LogP contribution is 2.32. The van der Waals surface area contributed by atoms with Gasteiger partial charge < -0.3 is 0 Å². The van der Waals surface area contributed by atoms with Crippen LogP contribution in [0.25, 0.3) is 21.0 Å². The number of thiazole rings is 1. The van der Waals surface area contributed by atoms with Crippen molar-refractivity contribution in [3.63, 3.8) is 0 Å². The predicted molar refractivity (Wildman–Crippen MR) is 129 cm³/mol. The normalized spacial score (nSPS) is 11.5. The number of nitrogens with one attached hydrogen (secondary N) is 2. The van der Waals surface area contributed by atoms with E-state index in [0.717, 1.165) is 33.1 Å². The van der Waals surface area contributed by atoms with E-state index < -0.39 is 21.7 Å². The third kappa shape index (κ3) is 4.28. The summed E-state index contributed by atoms with van der Waals surface area (Å²) in [6.45, 7) is 0. The van der Waals surface area contributed by atoms with E-state index >= 15 is 0 Å². The van der Waals surface area contributed by atoms with E-state index in [4.69, 9.17) is 0 Å². The largest absolute Gasteiger partial charge is 0.298 e. The Morgan fingerprint density at radius 2 is 1.70 bits per heavy atom. The molecule has 0 atom stereocenters. The summed E-state index contributed by atoms with van der Waals surface area (Å²) < 4.78 is 41.6. The van der Waals surface area contributed by atoms with Gasteiger partial charge in [0.05, 0.1) is 15.1 Å². The fraction of sp³-hybridized carbons (Fsp3) is 0. The van der Waals surface area contributed by atoms with Crippen molar-refractivity contribution < 1.29 is 17.6 Å². The second-order valence-corrected chi connectivity index (χ2v) is 9.96. The molecule has 0 aliphatic carbocycles. The van der Waals surface area contributed by atoms with Gasteiger partial charge in [0.1, 0.15) is 5.82 Å². The van der Waals surface area contributed by atoms with E-state index in [1.165, 1.54) is 35.6 Å². The van der Waals surface area contributed by atoms with Crippen LogP contribution in [-0.2, 0) is 10.0 Å². The van der Waals surface area contributed by atoms with Crippen LogP contribution in [0.1, 0.15) is 10.4 Å². The zero-order valence-electron chi connectivity index (χ0n) is 16.9. The number of carbonyl (C=O) groups excluding carboxylic acids is 1. The van der Waals surface area contributed by atoms with Gasteiger partial charge in [-0.15, -0.1) is 0 Å². The Bertz CT molecular complexity index is 1610. The van der Waals surface area contributed by atoms with E-state index in [-0.39, 0.29) is 16.1 Å². The topological polar surface area (TPSA) is 88.2 Å². The number of rotatable bonds is 5. The number of aromatic nitrogens is 1. The van der Waals surface area contributed by atoms with Gasteiger partial charge >= 0.3 is 0 Å². The van der Waals surface area contributed by atoms with Crippen LogP contribution in [0.4, 0.5) is 15.2 Å². The maximum atomic E-state index is 13.1. The van der Waals surface area contributed by atoms with Crippen molar-refractivity contribution in [3.8, 4) is 0 Å². The molecule has 9 heteroatoms. The zero-order chi connectivity index (χ0) is 23.0. The lowest BCUT2D eigenvalue weighted by Crippen LogP contribution is -2.15. The van der Waals surface area contributed by atoms with Crippen LogP contribution >= 0.6 is 11.3 Å². The van der Waals surface area contributed by atoms with Gasteiger partial charge in [0.25, 0.3) is 15.9 Å². The molecule has 0 unspecified atom stereocenters. The number of nitrogens with zero attached hydrogens (tertiary/aromatic N) is 1. The number of benzene rings is 4. The minimum atomic E-state index is -3.93. The Morgan fingerprint density at radius 1 is 0.909 bits per heavy atom. The third-order valence-corrected chi connectivity index (χ3v) is 7.34. The Kier molecular flexibility index (Phi) is 5.27. The predicted octanol–water partition coefficient (Wildman–Crippen LogP) is 5.64. The van der Waals surface area contributed by atoms with Crippen LogP contribution in [0.15, 0.2) is 89.8 Å². The van der Waals surface area contributed by atoms with Crippen molar-refractivity contribution in [1.29, 1.82) is 0 Å². The molecule has 5 rings (SSSR count). The van der Waals surface area contributed by atoms with Crippen LogP contribution in [0, 0.1) is 5.82 Å². The molecule has 1 heterocycles. The highest BCUT2D eigenvalue weighted by molar-refractivity contribution is 7.92. The Hall–Kier alpha value is -3.82. The molecular weight excluding hydrogens is 461 g/mol. The lowest BCUT2D eigenvalue weighted by Gasteiger charge is -2.09. The fourth-order valence-corrected chi connectivity index (χ4v) is 5.36. The lowest BCUT2D eigenvalue weighted by atomic mass is 10.1. The maximum Gasteiger partial charge on any atom is 0.261 e. The van der Waals surface area contributed by atoms with Crippen molar-refractivity contribution in [3.05, 3.63) is 96.3 Å². The van der Waals surface area contributed by atoms with E-state index in [1.807, 2.05) is 36.4 Å². The SMILES string of the molecule is O=C(Nc1nc2c(ccc3ccccc32)s1)c1cccc(NS(=O)(=O)c2ccc(F)cc2)c1. The Balaban J connectivity index is 1.38. The number of amides is 1. The van der Waals surface area contributed by atoms with Crippen molar-refractivity contribution in [2.24, 2.45) is 0 Å². The van der Waals surface area contributed by atoms with E-state index in [0.29, 0.717) is 5.13 Å². The molecule has 0 radical (unpaired) electrons. The van der Waals surface area contributed by atoms with Gasteiger partial charge in [0, 0.05) is 16.6 Å². The summed E-state index contributed by atoms with van der Waals surface area (Å²) in [7, 11) is -3.93. The molecule has 0 aliphatic heterocycles. The molecule has 0 spiro atoms. The monoisotopic (exact) mass is 477 g/mol. The number of halogens is 1. The van der Waals surface area contributed by atoms with Gasteiger partial charge in [-0.3, -0.25) is 14.8 Å². The number of anilines is 2. The third-order valence-electron chi connectivity index (χ3n) is 5.00. The molecule has 0 bridgehead atoms. The highest BCUT2D eigenvalue weighted by atomic mass is 32.2. The van der Waals surface area contributed by atoms with Crippen molar-refractivity contribution in [2.45, 2.75) is 4.90 Å². The summed E-state index contributed by atoms with van der Waals surface area (Å²) in [5, 5.41) is 5.31. The average molecular weight is 478 g/mol. The molecule has 2 N–H and O–H groups in total. The first-order valence-corrected chi connectivity index (χ1v) is 12.2.